The fourth-order valence-corrected chi connectivity index (χ4v) is 2.12. The lowest BCUT2D eigenvalue weighted by molar-refractivity contribution is -0.104. The summed E-state index contributed by atoms with van der Waals surface area (Å²) in [4.78, 5) is 10.9. The Balaban J connectivity index is 2.93. The molecule has 0 saturated carbocycles. The van der Waals surface area contributed by atoms with Gasteiger partial charge in [0.25, 0.3) is 0 Å². The van der Waals surface area contributed by atoms with Crippen molar-refractivity contribution < 1.29 is 4.79 Å². The smallest absolute Gasteiger partial charge is 0.144 e. The van der Waals surface area contributed by atoms with Crippen LogP contribution in [0.5, 0.6) is 0 Å². The minimum atomic E-state index is 0.482. The van der Waals surface area contributed by atoms with Crippen LogP contribution in [0.1, 0.15) is 4.88 Å². The van der Waals surface area contributed by atoms with Gasteiger partial charge < -0.3 is 0 Å². The number of aldehydes is 1. The normalized spacial score (nSPS) is 11.6. The third kappa shape index (κ3) is 2.43. The fourth-order valence-electron chi connectivity index (χ4n) is 0.585. The van der Waals surface area contributed by atoms with Crippen LogP contribution in [0.3, 0.4) is 0 Å². The summed E-state index contributed by atoms with van der Waals surface area (Å²) in [6.45, 7) is 0. The van der Waals surface area contributed by atoms with Crippen LogP contribution in [0.15, 0.2) is 22.0 Å². The maximum Gasteiger partial charge on any atom is 0.144 e. The van der Waals surface area contributed by atoms with Gasteiger partial charge in [-0.3, -0.25) is 4.79 Å². The van der Waals surface area contributed by atoms with Gasteiger partial charge >= 0.3 is 0 Å². The predicted octanol–water partition coefficient (Wildman–Crippen LogP) is 3.29. The summed E-state index contributed by atoms with van der Waals surface area (Å²) in [5.41, 5.74) is 0. The number of hydrogen-bond donors (Lipinski definition) is 0. The number of hydrogen-bond acceptors (Lipinski definition) is 2. The third-order valence-electron chi connectivity index (χ3n) is 1.02. The lowest BCUT2D eigenvalue weighted by Gasteiger charge is -1.87. The summed E-state index contributed by atoms with van der Waals surface area (Å²) in [5, 5.41) is 0.482. The Kier molecular flexibility index (Phi) is 3.30. The molecule has 58 valence electrons. The van der Waals surface area contributed by atoms with Crippen molar-refractivity contribution in [3.8, 4) is 0 Å². The van der Waals surface area contributed by atoms with Gasteiger partial charge in [0.05, 0.1) is 8.82 Å². The van der Waals surface area contributed by atoms with E-state index in [2.05, 4.69) is 15.9 Å². The minimum absolute atomic E-state index is 0.482. The van der Waals surface area contributed by atoms with Gasteiger partial charge in [0.1, 0.15) is 6.29 Å². The van der Waals surface area contributed by atoms with Gasteiger partial charge in [-0.2, -0.15) is 0 Å². The summed E-state index contributed by atoms with van der Waals surface area (Å²) in [7, 11) is 0. The number of carbonyl (C=O) groups is 1. The van der Waals surface area contributed by atoms with Crippen molar-refractivity contribution in [2.45, 2.75) is 0 Å². The molecule has 1 aromatic heterocycles. The molecule has 1 heterocycles. The van der Waals surface area contributed by atoms with Crippen LogP contribution in [0.2, 0.25) is 0 Å². The van der Waals surface area contributed by atoms with Gasteiger partial charge in [-0.25, -0.2) is 0 Å². The van der Waals surface area contributed by atoms with Crippen LogP contribution in [-0.2, 0) is 4.79 Å². The highest BCUT2D eigenvalue weighted by Gasteiger charge is 1.99. The van der Waals surface area contributed by atoms with E-state index in [0.29, 0.717) is 11.3 Å². The highest BCUT2D eigenvalue weighted by atomic mass is 79.9. The molecule has 1 rings (SSSR count). The van der Waals surface area contributed by atoms with E-state index in [1.807, 2.05) is 12.1 Å². The molecule has 0 bridgehead atoms. The van der Waals surface area contributed by atoms with Gasteiger partial charge in [0.15, 0.2) is 0 Å². The van der Waals surface area contributed by atoms with Crippen molar-refractivity contribution in [2.24, 2.45) is 0 Å². The largest absolute Gasteiger partial charge is 0.299 e. The van der Waals surface area contributed by atoms with Crippen LogP contribution in [0, 0.1) is 0 Å². The molecule has 1 nitrogen and oxygen atoms in total. The summed E-state index contributed by atoms with van der Waals surface area (Å²) < 4.78 is 1.00. The zero-order valence-electron chi connectivity index (χ0n) is 5.38. The van der Waals surface area contributed by atoms with Crippen molar-refractivity contribution in [3.05, 3.63) is 26.9 Å². The quantitative estimate of drug-likeness (QED) is 0.582. The second-order valence-electron chi connectivity index (χ2n) is 1.75. The molecule has 0 amide bonds. The molecule has 11 heavy (non-hydrogen) atoms. The van der Waals surface area contributed by atoms with Crippen LogP contribution < -0.4 is 0 Å². The van der Waals surface area contributed by atoms with E-state index >= 15 is 0 Å². The monoisotopic (exact) mass is 250 g/mol. The molecule has 0 unspecified atom stereocenters. The molecule has 0 aliphatic heterocycles. The molecule has 0 fully saturated rings. The molecule has 0 aliphatic rings. The standard InChI is InChI=1S/C7H4BrClOS/c8-7-2-1-6(11-7)5(9)3-4-10/h1-4H. The van der Waals surface area contributed by atoms with E-state index in [1.165, 1.54) is 17.4 Å². The molecule has 1 aromatic rings. The highest BCUT2D eigenvalue weighted by molar-refractivity contribution is 9.11. The van der Waals surface area contributed by atoms with Gasteiger partial charge in [0, 0.05) is 4.88 Å². The number of carbonyl (C=O) groups excluding carboxylic acids is 1. The first-order chi connectivity index (χ1) is 5.24. The Morgan fingerprint density at radius 3 is 2.82 bits per heavy atom. The summed E-state index contributed by atoms with van der Waals surface area (Å²) in [6.07, 6.45) is 2.01. The molecule has 0 saturated heterocycles. The molecule has 0 radical (unpaired) electrons. The van der Waals surface area contributed by atoms with Gasteiger partial charge in [-0.1, -0.05) is 11.6 Å². The van der Waals surface area contributed by atoms with Crippen LogP contribution in [0.4, 0.5) is 0 Å². The highest BCUT2D eigenvalue weighted by Crippen LogP contribution is 2.29. The summed E-state index contributed by atoms with van der Waals surface area (Å²) in [5.74, 6) is 0. The topological polar surface area (TPSA) is 17.1 Å². The molecule has 0 spiro atoms. The van der Waals surface area contributed by atoms with Gasteiger partial charge in [-0.15, -0.1) is 11.3 Å². The van der Waals surface area contributed by atoms with Crippen LogP contribution in [0.25, 0.3) is 5.03 Å². The van der Waals surface area contributed by atoms with E-state index in [9.17, 15) is 4.79 Å². The zero-order valence-corrected chi connectivity index (χ0v) is 8.54. The molecule has 4 heteroatoms. The Labute approximate surface area is 81.8 Å². The molecule has 0 aliphatic carbocycles. The second kappa shape index (κ2) is 4.04. The first-order valence-electron chi connectivity index (χ1n) is 2.80. The lowest BCUT2D eigenvalue weighted by Crippen LogP contribution is -1.67. The van der Waals surface area contributed by atoms with Crippen LogP contribution >= 0.6 is 38.9 Å². The number of halogens is 2. The number of thiophene rings is 1. The summed E-state index contributed by atoms with van der Waals surface area (Å²) in [6, 6.07) is 3.75. The van der Waals surface area contributed by atoms with Gasteiger partial charge in [-0.05, 0) is 34.1 Å². The SMILES string of the molecule is O=CC=C(Cl)c1ccc(Br)s1. The molecule has 0 aromatic carbocycles. The number of rotatable bonds is 2. The van der Waals surface area contributed by atoms with Crippen LogP contribution in [-0.4, -0.2) is 6.29 Å². The van der Waals surface area contributed by atoms with Crippen molar-refractivity contribution in [3.63, 3.8) is 0 Å². The van der Waals surface area contributed by atoms with E-state index in [0.717, 1.165) is 8.66 Å². The molecule has 0 atom stereocenters. The maximum absolute atomic E-state index is 10.0. The van der Waals surface area contributed by atoms with E-state index in [-0.39, 0.29) is 0 Å². The lowest BCUT2D eigenvalue weighted by atomic mass is 10.4. The Morgan fingerprint density at radius 2 is 2.36 bits per heavy atom. The Hall–Kier alpha value is -0.120. The summed E-state index contributed by atoms with van der Waals surface area (Å²) >= 11 is 10.5. The Morgan fingerprint density at radius 1 is 1.64 bits per heavy atom. The average molecular weight is 252 g/mol. The first kappa shape index (κ1) is 8.97. The molecule has 0 N–H and O–H groups in total. The van der Waals surface area contributed by atoms with E-state index in [1.54, 1.807) is 0 Å². The van der Waals surface area contributed by atoms with Crippen molar-refractivity contribution in [1.82, 2.24) is 0 Å². The van der Waals surface area contributed by atoms with Crippen molar-refractivity contribution in [1.29, 1.82) is 0 Å². The average Bonchev–Trinajstić information content (AvgIpc) is 2.36. The van der Waals surface area contributed by atoms with Gasteiger partial charge in [0.2, 0.25) is 0 Å². The third-order valence-corrected chi connectivity index (χ3v) is 3.12. The van der Waals surface area contributed by atoms with E-state index in [4.69, 9.17) is 11.6 Å². The fraction of sp³-hybridized carbons (Fsp3) is 0. The van der Waals surface area contributed by atoms with Crippen molar-refractivity contribution >= 4 is 50.2 Å². The van der Waals surface area contributed by atoms with E-state index < -0.39 is 0 Å². The molecular weight excluding hydrogens is 248 g/mol. The zero-order chi connectivity index (χ0) is 8.27. The van der Waals surface area contributed by atoms with Crippen molar-refractivity contribution in [2.75, 3.05) is 0 Å². The second-order valence-corrected chi connectivity index (χ2v) is 4.62. The predicted molar refractivity (Wildman–Crippen MR) is 51.9 cm³/mol. The Bertz CT molecular complexity index is 292. The first-order valence-corrected chi connectivity index (χ1v) is 4.79. The number of allylic oxidation sites excluding steroid dienone is 1. The minimum Gasteiger partial charge on any atom is -0.299 e. The maximum atomic E-state index is 10.0. The molecular formula is C7H4BrClOS.